The second kappa shape index (κ2) is 11.0. The van der Waals surface area contributed by atoms with Gasteiger partial charge in [0, 0.05) is 26.2 Å². The summed E-state index contributed by atoms with van der Waals surface area (Å²) in [7, 11) is 1.65. The summed E-state index contributed by atoms with van der Waals surface area (Å²) in [5, 5.41) is 2.96. The lowest BCUT2D eigenvalue weighted by Crippen LogP contribution is -2.50. The highest BCUT2D eigenvalue weighted by Gasteiger charge is 2.27. The van der Waals surface area contributed by atoms with Crippen molar-refractivity contribution in [1.82, 2.24) is 10.2 Å². The lowest BCUT2D eigenvalue weighted by Gasteiger charge is -2.35. The van der Waals surface area contributed by atoms with Crippen LogP contribution in [0.4, 0.5) is 0 Å². The molecule has 0 spiro atoms. The van der Waals surface area contributed by atoms with Crippen molar-refractivity contribution in [2.75, 3.05) is 33.4 Å². The fraction of sp³-hybridized carbons (Fsp3) is 0.938. The van der Waals surface area contributed by atoms with Crippen LogP contribution in [0.5, 0.6) is 0 Å². The minimum absolute atomic E-state index is 0.0866. The Labute approximate surface area is 129 Å². The van der Waals surface area contributed by atoms with Crippen molar-refractivity contribution in [3.05, 3.63) is 0 Å². The zero-order chi connectivity index (χ0) is 15.5. The van der Waals surface area contributed by atoms with Crippen LogP contribution in [0.2, 0.25) is 0 Å². The number of nitrogens with two attached hydrogens (primary N) is 1. The van der Waals surface area contributed by atoms with Gasteiger partial charge in [0.2, 0.25) is 5.91 Å². The second-order valence-corrected chi connectivity index (χ2v) is 5.99. The number of methoxy groups -OCH3 is 1. The molecule has 0 aromatic heterocycles. The summed E-state index contributed by atoms with van der Waals surface area (Å²) in [5.74, 6) is 0.105. The largest absolute Gasteiger partial charge is 0.383 e. The number of hydrogen-bond acceptors (Lipinski definition) is 4. The van der Waals surface area contributed by atoms with Crippen LogP contribution < -0.4 is 11.1 Å². The van der Waals surface area contributed by atoms with E-state index in [-0.39, 0.29) is 11.9 Å². The van der Waals surface area contributed by atoms with E-state index in [1.54, 1.807) is 7.11 Å². The standard InChI is InChI=1S/C16H33N3O2/c1-14(16(20)18-11-13-21-2)19(12-7-10-17)15-8-5-3-4-6-9-15/h14-15H,3-13,17H2,1-2H3,(H,18,20). The Balaban J connectivity index is 2.58. The van der Waals surface area contributed by atoms with E-state index < -0.39 is 0 Å². The van der Waals surface area contributed by atoms with Crippen molar-refractivity contribution in [3.63, 3.8) is 0 Å². The van der Waals surface area contributed by atoms with Gasteiger partial charge in [-0.1, -0.05) is 25.7 Å². The number of carbonyl (C=O) groups excluding carboxylic acids is 1. The molecule has 1 aliphatic rings. The molecule has 21 heavy (non-hydrogen) atoms. The minimum atomic E-state index is -0.0866. The van der Waals surface area contributed by atoms with Crippen molar-refractivity contribution in [2.45, 2.75) is 64.0 Å². The van der Waals surface area contributed by atoms with E-state index in [0.717, 1.165) is 13.0 Å². The molecule has 1 unspecified atom stereocenters. The predicted molar refractivity (Wildman–Crippen MR) is 86.2 cm³/mol. The molecule has 1 aliphatic carbocycles. The molecule has 124 valence electrons. The van der Waals surface area contributed by atoms with Gasteiger partial charge in [0.15, 0.2) is 0 Å². The Morgan fingerprint density at radius 3 is 2.57 bits per heavy atom. The minimum Gasteiger partial charge on any atom is -0.383 e. The average Bonchev–Trinajstić information content (AvgIpc) is 2.77. The van der Waals surface area contributed by atoms with Gasteiger partial charge in [-0.2, -0.15) is 0 Å². The first-order chi connectivity index (χ1) is 10.2. The van der Waals surface area contributed by atoms with Crippen LogP contribution in [0.15, 0.2) is 0 Å². The fourth-order valence-corrected chi connectivity index (χ4v) is 3.13. The highest BCUT2D eigenvalue weighted by atomic mass is 16.5. The van der Waals surface area contributed by atoms with Crippen LogP contribution in [0.3, 0.4) is 0 Å². The van der Waals surface area contributed by atoms with Gasteiger partial charge >= 0.3 is 0 Å². The summed E-state index contributed by atoms with van der Waals surface area (Å²) in [4.78, 5) is 14.7. The van der Waals surface area contributed by atoms with E-state index in [1.165, 1.54) is 38.5 Å². The first-order valence-corrected chi connectivity index (χ1v) is 8.43. The maximum absolute atomic E-state index is 12.3. The van der Waals surface area contributed by atoms with E-state index in [0.29, 0.717) is 25.7 Å². The van der Waals surface area contributed by atoms with Crippen molar-refractivity contribution in [1.29, 1.82) is 0 Å². The molecule has 0 radical (unpaired) electrons. The first kappa shape index (κ1) is 18.4. The number of rotatable bonds is 9. The lowest BCUT2D eigenvalue weighted by atomic mass is 10.0. The Morgan fingerprint density at radius 1 is 1.33 bits per heavy atom. The molecule has 1 amide bonds. The summed E-state index contributed by atoms with van der Waals surface area (Å²) in [6.07, 6.45) is 8.58. The second-order valence-electron chi connectivity index (χ2n) is 5.99. The van der Waals surface area contributed by atoms with E-state index in [1.807, 2.05) is 6.92 Å². The van der Waals surface area contributed by atoms with Crippen LogP contribution in [0.25, 0.3) is 0 Å². The molecule has 1 atom stereocenters. The van der Waals surface area contributed by atoms with Crippen LogP contribution >= 0.6 is 0 Å². The van der Waals surface area contributed by atoms with Crippen molar-refractivity contribution < 1.29 is 9.53 Å². The number of nitrogens with one attached hydrogen (secondary N) is 1. The van der Waals surface area contributed by atoms with E-state index in [4.69, 9.17) is 10.5 Å². The summed E-state index contributed by atoms with van der Waals surface area (Å²) in [5.41, 5.74) is 5.67. The molecular formula is C16H33N3O2. The van der Waals surface area contributed by atoms with Crippen LogP contribution in [0, 0.1) is 0 Å². The van der Waals surface area contributed by atoms with E-state index >= 15 is 0 Å². The van der Waals surface area contributed by atoms with Gasteiger partial charge in [0.05, 0.1) is 12.6 Å². The molecule has 5 heteroatoms. The van der Waals surface area contributed by atoms with Crippen molar-refractivity contribution in [3.8, 4) is 0 Å². The number of ether oxygens (including phenoxy) is 1. The molecule has 0 aromatic rings. The third-order valence-corrected chi connectivity index (χ3v) is 4.40. The summed E-state index contributed by atoms with van der Waals surface area (Å²) in [6.45, 7) is 4.75. The molecule has 1 saturated carbocycles. The van der Waals surface area contributed by atoms with Crippen molar-refractivity contribution in [2.24, 2.45) is 5.73 Å². The van der Waals surface area contributed by atoms with Gasteiger partial charge in [0.25, 0.3) is 0 Å². The third-order valence-electron chi connectivity index (χ3n) is 4.40. The zero-order valence-corrected chi connectivity index (χ0v) is 13.8. The van der Waals surface area contributed by atoms with Gasteiger partial charge < -0.3 is 15.8 Å². The molecule has 0 aromatic carbocycles. The topological polar surface area (TPSA) is 67.6 Å². The third kappa shape index (κ3) is 6.76. The van der Waals surface area contributed by atoms with Gasteiger partial charge in [-0.3, -0.25) is 9.69 Å². The first-order valence-electron chi connectivity index (χ1n) is 8.43. The molecule has 1 rings (SSSR count). The number of amides is 1. The van der Waals surface area contributed by atoms with Gasteiger partial charge in [-0.05, 0) is 32.7 Å². The highest BCUT2D eigenvalue weighted by Crippen LogP contribution is 2.23. The Kier molecular flexibility index (Phi) is 9.63. The quantitative estimate of drug-likeness (QED) is 0.500. The summed E-state index contributed by atoms with van der Waals surface area (Å²) >= 11 is 0. The predicted octanol–water partition coefficient (Wildman–Crippen LogP) is 1.51. The van der Waals surface area contributed by atoms with Crippen molar-refractivity contribution >= 4 is 5.91 Å². The highest BCUT2D eigenvalue weighted by molar-refractivity contribution is 5.81. The summed E-state index contributed by atoms with van der Waals surface area (Å²) in [6, 6.07) is 0.443. The van der Waals surface area contributed by atoms with Crippen LogP contribution in [-0.2, 0) is 9.53 Å². The molecule has 0 heterocycles. The average molecular weight is 299 g/mol. The lowest BCUT2D eigenvalue weighted by molar-refractivity contribution is -0.127. The monoisotopic (exact) mass is 299 g/mol. The van der Waals surface area contributed by atoms with Crippen LogP contribution in [0.1, 0.15) is 51.9 Å². The number of hydrogen-bond donors (Lipinski definition) is 2. The number of nitrogens with zero attached hydrogens (tertiary/aromatic N) is 1. The Hall–Kier alpha value is -0.650. The normalized spacial score (nSPS) is 18.5. The Bertz CT molecular complexity index is 279. The molecule has 3 N–H and O–H groups in total. The Morgan fingerprint density at radius 2 is 2.00 bits per heavy atom. The SMILES string of the molecule is COCCNC(=O)C(C)N(CCCN)C1CCCCCC1. The molecular weight excluding hydrogens is 266 g/mol. The summed E-state index contributed by atoms with van der Waals surface area (Å²) < 4.78 is 4.99. The number of carbonyl (C=O) groups is 1. The molecule has 1 fully saturated rings. The molecule has 0 bridgehead atoms. The van der Waals surface area contributed by atoms with Crippen LogP contribution in [-0.4, -0.2) is 56.2 Å². The van der Waals surface area contributed by atoms with Gasteiger partial charge in [0.1, 0.15) is 0 Å². The van der Waals surface area contributed by atoms with Gasteiger partial charge in [-0.15, -0.1) is 0 Å². The fourth-order valence-electron chi connectivity index (χ4n) is 3.13. The molecule has 5 nitrogen and oxygen atoms in total. The maximum Gasteiger partial charge on any atom is 0.237 e. The molecule has 0 aliphatic heterocycles. The zero-order valence-electron chi connectivity index (χ0n) is 13.8. The van der Waals surface area contributed by atoms with E-state index in [2.05, 4.69) is 10.2 Å². The molecule has 0 saturated heterocycles. The van der Waals surface area contributed by atoms with Gasteiger partial charge in [-0.25, -0.2) is 0 Å². The van der Waals surface area contributed by atoms with E-state index in [9.17, 15) is 4.79 Å². The smallest absolute Gasteiger partial charge is 0.237 e. The maximum atomic E-state index is 12.3.